The zero-order chi connectivity index (χ0) is 14.5. The molecule has 1 aliphatic carbocycles. The van der Waals surface area contributed by atoms with E-state index in [0.29, 0.717) is 12.0 Å². The number of thiophene rings is 1. The first-order chi connectivity index (χ1) is 10.4. The van der Waals surface area contributed by atoms with Crippen molar-refractivity contribution in [2.75, 3.05) is 6.54 Å². The molecule has 0 aliphatic heterocycles. The Balaban J connectivity index is 1.80. The van der Waals surface area contributed by atoms with Gasteiger partial charge in [0.25, 0.3) is 0 Å². The highest BCUT2D eigenvalue weighted by atomic mass is 32.1. The van der Waals surface area contributed by atoms with Gasteiger partial charge in [0.15, 0.2) is 0 Å². The van der Waals surface area contributed by atoms with Crippen molar-refractivity contribution in [2.24, 2.45) is 0 Å². The first-order valence-corrected chi connectivity index (χ1v) is 8.95. The molecule has 2 nitrogen and oxygen atoms in total. The molecule has 0 aromatic carbocycles. The van der Waals surface area contributed by atoms with Gasteiger partial charge in [-0.3, -0.25) is 4.98 Å². The number of aryl methyl sites for hydroxylation is 1. The van der Waals surface area contributed by atoms with Crippen molar-refractivity contribution in [3.8, 4) is 0 Å². The minimum absolute atomic E-state index is 0.530. The van der Waals surface area contributed by atoms with Gasteiger partial charge in [-0.15, -0.1) is 11.3 Å². The number of rotatable bonds is 6. The first-order valence-electron chi connectivity index (χ1n) is 8.07. The van der Waals surface area contributed by atoms with Crippen LogP contribution in [-0.2, 0) is 12.8 Å². The number of fused-ring (bicyclic) bond motifs is 1. The highest BCUT2D eigenvalue weighted by Gasteiger charge is 2.28. The third-order valence-electron chi connectivity index (χ3n) is 4.42. The quantitative estimate of drug-likeness (QED) is 0.866. The molecule has 1 N–H and O–H groups in total. The van der Waals surface area contributed by atoms with E-state index in [2.05, 4.69) is 34.7 Å². The van der Waals surface area contributed by atoms with Crippen LogP contribution in [0.3, 0.4) is 0 Å². The fourth-order valence-electron chi connectivity index (χ4n) is 3.40. The van der Waals surface area contributed by atoms with Crippen molar-refractivity contribution in [3.05, 3.63) is 52.0 Å². The Labute approximate surface area is 131 Å². The van der Waals surface area contributed by atoms with Crippen molar-refractivity contribution >= 4 is 11.3 Å². The Morgan fingerprint density at radius 1 is 1.43 bits per heavy atom. The summed E-state index contributed by atoms with van der Waals surface area (Å²) in [4.78, 5) is 5.88. The third-order valence-corrected chi connectivity index (χ3v) is 5.42. The molecule has 0 fully saturated rings. The lowest BCUT2D eigenvalue weighted by Crippen LogP contribution is -2.38. The van der Waals surface area contributed by atoms with Crippen molar-refractivity contribution < 1.29 is 0 Å². The number of nitrogens with one attached hydrogen (secondary N) is 1. The highest BCUT2D eigenvalue weighted by Crippen LogP contribution is 2.37. The molecule has 0 amide bonds. The topological polar surface area (TPSA) is 24.9 Å². The van der Waals surface area contributed by atoms with Gasteiger partial charge in [0, 0.05) is 29.2 Å². The minimum Gasteiger partial charge on any atom is -0.313 e. The zero-order valence-corrected chi connectivity index (χ0v) is 13.5. The van der Waals surface area contributed by atoms with E-state index < -0.39 is 0 Å². The molecule has 2 heterocycles. The van der Waals surface area contributed by atoms with Crippen LogP contribution in [0.1, 0.15) is 48.1 Å². The Morgan fingerprint density at radius 2 is 2.38 bits per heavy atom. The second-order valence-corrected chi connectivity index (χ2v) is 6.92. The van der Waals surface area contributed by atoms with E-state index >= 15 is 0 Å². The molecule has 2 aromatic heterocycles. The summed E-state index contributed by atoms with van der Waals surface area (Å²) in [6.45, 7) is 3.34. The van der Waals surface area contributed by atoms with E-state index in [1.54, 1.807) is 10.4 Å². The van der Waals surface area contributed by atoms with Gasteiger partial charge in [0.1, 0.15) is 0 Å². The normalized spacial score (nSPS) is 19.2. The molecule has 21 heavy (non-hydrogen) atoms. The number of pyridine rings is 1. The summed E-state index contributed by atoms with van der Waals surface area (Å²) < 4.78 is 0. The van der Waals surface area contributed by atoms with Gasteiger partial charge in [-0.1, -0.05) is 13.0 Å². The zero-order valence-electron chi connectivity index (χ0n) is 12.7. The van der Waals surface area contributed by atoms with Gasteiger partial charge in [-0.2, -0.15) is 0 Å². The van der Waals surface area contributed by atoms with Gasteiger partial charge < -0.3 is 5.32 Å². The minimum atomic E-state index is 0.530. The lowest BCUT2D eigenvalue weighted by molar-refractivity contribution is 0.391. The summed E-state index contributed by atoms with van der Waals surface area (Å²) in [7, 11) is 0. The molecule has 2 unspecified atom stereocenters. The standard InChI is InChI=1S/C18H24N2S/c1-2-9-20-17(12-14-5-4-10-19-13-14)15-6-3-7-18-16(15)8-11-21-18/h4-5,8,10-11,13,15,17,20H,2-3,6-7,9,12H2,1H3. The maximum atomic E-state index is 4.27. The second-order valence-electron chi connectivity index (χ2n) is 5.92. The largest absolute Gasteiger partial charge is 0.313 e. The van der Waals surface area contributed by atoms with Crippen LogP contribution in [0.4, 0.5) is 0 Å². The fourth-order valence-corrected chi connectivity index (χ4v) is 4.40. The van der Waals surface area contributed by atoms with Gasteiger partial charge in [-0.25, -0.2) is 0 Å². The van der Waals surface area contributed by atoms with Gasteiger partial charge in [0.2, 0.25) is 0 Å². The molecule has 1 aliphatic rings. The van der Waals surface area contributed by atoms with Crippen LogP contribution >= 0.6 is 11.3 Å². The molecule has 3 heteroatoms. The lowest BCUT2D eigenvalue weighted by atomic mass is 9.80. The van der Waals surface area contributed by atoms with Crippen molar-refractivity contribution in [2.45, 2.75) is 51.0 Å². The van der Waals surface area contributed by atoms with Crippen molar-refractivity contribution in [3.63, 3.8) is 0 Å². The van der Waals surface area contributed by atoms with E-state index in [1.807, 2.05) is 29.8 Å². The first kappa shape index (κ1) is 14.7. The second kappa shape index (κ2) is 7.19. The van der Waals surface area contributed by atoms with E-state index in [-0.39, 0.29) is 0 Å². The monoisotopic (exact) mass is 300 g/mol. The Hall–Kier alpha value is -1.19. The lowest BCUT2D eigenvalue weighted by Gasteiger charge is -2.31. The van der Waals surface area contributed by atoms with E-state index in [0.717, 1.165) is 13.0 Å². The van der Waals surface area contributed by atoms with Gasteiger partial charge in [0.05, 0.1) is 0 Å². The molecule has 3 rings (SSSR count). The molecule has 0 spiro atoms. The summed E-state index contributed by atoms with van der Waals surface area (Å²) in [5.41, 5.74) is 2.94. The molecule has 2 aromatic rings. The van der Waals surface area contributed by atoms with Crippen LogP contribution in [-0.4, -0.2) is 17.6 Å². The number of hydrogen-bond donors (Lipinski definition) is 1. The SMILES string of the molecule is CCCNC(Cc1cccnc1)C1CCCc2sccc21. The summed E-state index contributed by atoms with van der Waals surface area (Å²) in [6.07, 6.45) is 10.0. The predicted octanol–water partition coefficient (Wildman–Crippen LogP) is 4.17. The molecule has 112 valence electrons. The van der Waals surface area contributed by atoms with Crippen LogP contribution in [0.2, 0.25) is 0 Å². The molecule has 0 bridgehead atoms. The summed E-state index contributed by atoms with van der Waals surface area (Å²) >= 11 is 1.94. The molecular weight excluding hydrogens is 276 g/mol. The van der Waals surface area contributed by atoms with Crippen molar-refractivity contribution in [1.29, 1.82) is 0 Å². The average molecular weight is 300 g/mol. The third kappa shape index (κ3) is 3.53. The van der Waals surface area contributed by atoms with Gasteiger partial charge >= 0.3 is 0 Å². The molecular formula is C18H24N2S. The average Bonchev–Trinajstić information content (AvgIpc) is 3.01. The smallest absolute Gasteiger partial charge is 0.0300 e. The summed E-state index contributed by atoms with van der Waals surface area (Å²) in [6, 6.07) is 7.13. The maximum absolute atomic E-state index is 4.27. The molecule has 0 saturated heterocycles. The van der Waals surface area contributed by atoms with Crippen molar-refractivity contribution in [1.82, 2.24) is 10.3 Å². The number of hydrogen-bond acceptors (Lipinski definition) is 3. The summed E-state index contributed by atoms with van der Waals surface area (Å²) in [5, 5.41) is 6.06. The maximum Gasteiger partial charge on any atom is 0.0300 e. The molecule has 0 radical (unpaired) electrons. The molecule has 2 atom stereocenters. The fraction of sp³-hybridized carbons (Fsp3) is 0.500. The van der Waals surface area contributed by atoms with Gasteiger partial charge in [-0.05, 0) is 67.3 Å². The predicted molar refractivity (Wildman–Crippen MR) is 90.0 cm³/mol. The Morgan fingerprint density at radius 3 is 3.19 bits per heavy atom. The highest BCUT2D eigenvalue weighted by molar-refractivity contribution is 7.10. The van der Waals surface area contributed by atoms with Crippen LogP contribution in [0.15, 0.2) is 36.0 Å². The molecule has 0 saturated carbocycles. The van der Waals surface area contributed by atoms with E-state index in [4.69, 9.17) is 0 Å². The number of nitrogens with zero attached hydrogens (tertiary/aromatic N) is 1. The van der Waals surface area contributed by atoms with E-state index in [1.165, 1.54) is 31.2 Å². The van der Waals surface area contributed by atoms with E-state index in [9.17, 15) is 0 Å². The Kier molecular flexibility index (Phi) is 5.04. The van der Waals surface area contributed by atoms with Crippen LogP contribution in [0.25, 0.3) is 0 Å². The Bertz CT molecular complexity index is 549. The van der Waals surface area contributed by atoms with Crippen LogP contribution < -0.4 is 5.32 Å². The van der Waals surface area contributed by atoms with Crippen LogP contribution in [0, 0.1) is 0 Å². The van der Waals surface area contributed by atoms with Crippen LogP contribution in [0.5, 0.6) is 0 Å². The number of aromatic nitrogens is 1. The summed E-state index contributed by atoms with van der Waals surface area (Å²) in [5.74, 6) is 0.659.